The number of nitrogens with zero attached hydrogens (tertiary/aromatic N) is 2. The predicted molar refractivity (Wildman–Crippen MR) is 98.7 cm³/mol. The Bertz CT molecular complexity index is 979. The van der Waals surface area contributed by atoms with Gasteiger partial charge in [0.25, 0.3) is 6.02 Å². The van der Waals surface area contributed by atoms with E-state index in [2.05, 4.69) is 9.97 Å². The van der Waals surface area contributed by atoms with Crippen LogP contribution in [-0.2, 0) is 4.74 Å². The lowest BCUT2D eigenvalue weighted by Crippen LogP contribution is -2.21. The molecule has 0 aliphatic carbocycles. The maximum Gasteiger partial charge on any atom is 0.279 e. The summed E-state index contributed by atoms with van der Waals surface area (Å²) in [5.41, 5.74) is 9.18. The van der Waals surface area contributed by atoms with Gasteiger partial charge in [0.05, 0.1) is 12.1 Å². The number of hydrogen-bond donors (Lipinski definition) is 2. The monoisotopic (exact) mass is 366 g/mol. The van der Waals surface area contributed by atoms with Gasteiger partial charge in [-0.05, 0) is 29.8 Å². The number of ether oxygens (including phenoxy) is 2. The molecule has 1 unspecified atom stereocenters. The van der Waals surface area contributed by atoms with Crippen LogP contribution < -0.4 is 10.5 Å². The minimum Gasteiger partial charge on any atom is -0.465 e. The van der Waals surface area contributed by atoms with Crippen molar-refractivity contribution in [2.45, 2.75) is 5.92 Å². The lowest BCUT2D eigenvalue weighted by molar-refractivity contribution is 0.274. The Labute approximate surface area is 155 Å². The highest BCUT2D eigenvalue weighted by Gasteiger charge is 2.29. The molecule has 0 spiro atoms. The average Bonchev–Trinajstić information content (AvgIpc) is 2.65. The van der Waals surface area contributed by atoms with E-state index in [0.717, 1.165) is 22.3 Å². The number of nitrogens with one attached hydrogen (secondary N) is 1. The van der Waals surface area contributed by atoms with E-state index in [0.29, 0.717) is 16.7 Å². The summed E-state index contributed by atoms with van der Waals surface area (Å²) in [5, 5.41) is 7.75. The van der Waals surface area contributed by atoms with Gasteiger partial charge in [0.15, 0.2) is 0 Å². The largest absolute Gasteiger partial charge is 0.465 e. The van der Waals surface area contributed by atoms with E-state index in [-0.39, 0.29) is 18.5 Å². The molecule has 6 nitrogen and oxygen atoms in total. The molecule has 26 heavy (non-hydrogen) atoms. The molecule has 7 heteroatoms. The highest BCUT2D eigenvalue weighted by molar-refractivity contribution is 6.29. The topological polar surface area (TPSA) is 94.1 Å². The number of hydrogen-bond acceptors (Lipinski definition) is 5. The van der Waals surface area contributed by atoms with Crippen LogP contribution in [-0.4, -0.2) is 22.6 Å². The Kier molecular flexibility index (Phi) is 4.18. The van der Waals surface area contributed by atoms with Gasteiger partial charge in [-0.15, -0.1) is 0 Å². The molecule has 1 atom stereocenters. The van der Waals surface area contributed by atoms with Crippen molar-refractivity contribution in [1.82, 2.24) is 9.97 Å². The fourth-order valence-corrected chi connectivity index (χ4v) is 3.22. The number of fused-ring (bicyclic) bond motifs is 2. The van der Waals surface area contributed by atoms with Crippen LogP contribution >= 0.6 is 11.6 Å². The third-order valence-corrected chi connectivity index (χ3v) is 4.45. The van der Waals surface area contributed by atoms with Gasteiger partial charge in [-0.2, -0.15) is 0 Å². The molecule has 0 fully saturated rings. The first kappa shape index (κ1) is 16.4. The van der Waals surface area contributed by atoms with Gasteiger partial charge in [0.1, 0.15) is 23.3 Å². The lowest BCUT2D eigenvalue weighted by atomic mass is 9.87. The molecular formula is C19H15ClN4O2. The van der Waals surface area contributed by atoms with Crippen LogP contribution in [0.1, 0.15) is 17.0 Å². The number of aromatic nitrogens is 2. The zero-order valence-electron chi connectivity index (χ0n) is 13.6. The van der Waals surface area contributed by atoms with Crippen LogP contribution in [0.2, 0.25) is 5.15 Å². The Morgan fingerprint density at radius 2 is 2.00 bits per heavy atom. The first-order valence-electron chi connectivity index (χ1n) is 7.96. The average molecular weight is 367 g/mol. The van der Waals surface area contributed by atoms with Crippen molar-refractivity contribution < 1.29 is 9.47 Å². The Balaban J connectivity index is 1.81. The van der Waals surface area contributed by atoms with Gasteiger partial charge < -0.3 is 15.2 Å². The first-order chi connectivity index (χ1) is 12.6. The molecule has 1 aliphatic rings. The molecule has 130 valence electrons. The van der Waals surface area contributed by atoms with Crippen LogP contribution in [0.25, 0.3) is 11.1 Å². The molecule has 1 aliphatic heterocycles. The second-order valence-electron chi connectivity index (χ2n) is 5.87. The van der Waals surface area contributed by atoms with E-state index in [1.165, 1.54) is 0 Å². The number of halogens is 1. The molecule has 0 saturated carbocycles. The molecule has 0 radical (unpaired) electrons. The first-order valence-corrected chi connectivity index (χ1v) is 8.34. The van der Waals surface area contributed by atoms with E-state index in [1.807, 2.05) is 30.3 Å². The number of nitrogens with two attached hydrogens (primary N) is 1. The molecule has 0 saturated heterocycles. The van der Waals surface area contributed by atoms with Gasteiger partial charge in [0.2, 0.25) is 0 Å². The highest BCUT2D eigenvalue weighted by atomic mass is 35.5. The van der Waals surface area contributed by atoms with Crippen LogP contribution in [0, 0.1) is 5.41 Å². The number of rotatable bonds is 3. The SMILES string of the molecule is N=C(N)OCC1c2cc(-c3cccnc3)ccc2Oc2cnc(Cl)cc21. The molecule has 0 amide bonds. The van der Waals surface area contributed by atoms with E-state index < -0.39 is 0 Å². The summed E-state index contributed by atoms with van der Waals surface area (Å²) in [6.45, 7) is 0.204. The Morgan fingerprint density at radius 3 is 2.77 bits per heavy atom. The van der Waals surface area contributed by atoms with Crippen molar-refractivity contribution in [3.8, 4) is 22.6 Å². The van der Waals surface area contributed by atoms with Crippen molar-refractivity contribution in [3.63, 3.8) is 0 Å². The third-order valence-electron chi connectivity index (χ3n) is 4.25. The molecule has 0 bridgehead atoms. The molecule has 3 heterocycles. The predicted octanol–water partition coefficient (Wildman–Crippen LogP) is 3.94. The number of pyridine rings is 2. The van der Waals surface area contributed by atoms with Gasteiger partial charge in [0, 0.05) is 29.1 Å². The van der Waals surface area contributed by atoms with Crippen molar-refractivity contribution in [3.05, 3.63) is 71.3 Å². The van der Waals surface area contributed by atoms with E-state index in [4.69, 9.17) is 32.2 Å². The van der Waals surface area contributed by atoms with Crippen LogP contribution in [0.5, 0.6) is 11.5 Å². The zero-order chi connectivity index (χ0) is 18.1. The standard InChI is InChI=1S/C19H15ClN4O2/c20-18-7-14-15(10-25-19(21)22)13-6-11(12-2-1-5-23-8-12)3-4-16(13)26-17(14)9-24-18/h1-9,15H,10H2,(H3,21,22). The number of benzene rings is 1. The summed E-state index contributed by atoms with van der Waals surface area (Å²) in [5.74, 6) is 1.15. The Hall–Kier alpha value is -3.12. The van der Waals surface area contributed by atoms with Crippen molar-refractivity contribution >= 4 is 17.6 Å². The van der Waals surface area contributed by atoms with Crippen LogP contribution in [0.3, 0.4) is 0 Å². The summed E-state index contributed by atoms with van der Waals surface area (Å²) < 4.78 is 11.3. The third kappa shape index (κ3) is 3.07. The second-order valence-corrected chi connectivity index (χ2v) is 6.26. The zero-order valence-corrected chi connectivity index (χ0v) is 14.4. The maximum absolute atomic E-state index is 7.38. The fourth-order valence-electron chi connectivity index (χ4n) is 3.05. The van der Waals surface area contributed by atoms with Gasteiger partial charge in [-0.1, -0.05) is 23.7 Å². The smallest absolute Gasteiger partial charge is 0.279 e. The quantitative estimate of drug-likeness (QED) is 0.416. The normalized spacial score (nSPS) is 14.7. The summed E-state index contributed by atoms with van der Waals surface area (Å²) in [4.78, 5) is 8.26. The molecule has 2 aromatic heterocycles. The highest BCUT2D eigenvalue weighted by Crippen LogP contribution is 2.45. The Morgan fingerprint density at radius 1 is 1.15 bits per heavy atom. The molecule has 3 N–H and O–H groups in total. The van der Waals surface area contributed by atoms with Gasteiger partial charge in [-0.3, -0.25) is 10.4 Å². The molecule has 3 aromatic rings. The molecule has 1 aromatic carbocycles. The van der Waals surface area contributed by atoms with Crippen molar-refractivity contribution in [2.24, 2.45) is 5.73 Å². The minimum atomic E-state index is -0.330. The molecule has 4 rings (SSSR count). The van der Waals surface area contributed by atoms with Gasteiger partial charge >= 0.3 is 0 Å². The molecular weight excluding hydrogens is 352 g/mol. The van der Waals surface area contributed by atoms with E-state index in [1.54, 1.807) is 24.7 Å². The van der Waals surface area contributed by atoms with Crippen LogP contribution in [0.15, 0.2) is 55.0 Å². The second kappa shape index (κ2) is 6.65. The lowest BCUT2D eigenvalue weighted by Gasteiger charge is -2.28. The number of amidine groups is 1. The van der Waals surface area contributed by atoms with Crippen LogP contribution in [0.4, 0.5) is 0 Å². The maximum atomic E-state index is 7.38. The summed E-state index contributed by atoms with van der Waals surface area (Å²) in [6, 6.07) is 11.2. The summed E-state index contributed by atoms with van der Waals surface area (Å²) >= 11 is 6.08. The van der Waals surface area contributed by atoms with Crippen molar-refractivity contribution in [2.75, 3.05) is 6.61 Å². The fraction of sp³-hybridized carbons (Fsp3) is 0.105. The van der Waals surface area contributed by atoms with Gasteiger partial charge in [-0.25, -0.2) is 4.98 Å². The van der Waals surface area contributed by atoms with Crippen molar-refractivity contribution in [1.29, 1.82) is 5.41 Å². The van der Waals surface area contributed by atoms with E-state index in [9.17, 15) is 0 Å². The minimum absolute atomic E-state index is 0.185. The summed E-state index contributed by atoms with van der Waals surface area (Å²) in [6.07, 6.45) is 5.14. The summed E-state index contributed by atoms with van der Waals surface area (Å²) in [7, 11) is 0. The van der Waals surface area contributed by atoms with E-state index >= 15 is 0 Å².